The molecule has 0 aromatic heterocycles. The van der Waals surface area contributed by atoms with Crippen LogP contribution in [0.5, 0.6) is 0 Å². The molecule has 0 aromatic carbocycles. The van der Waals surface area contributed by atoms with Gasteiger partial charge >= 0.3 is 0 Å². The van der Waals surface area contributed by atoms with Crippen LogP contribution in [-0.4, -0.2) is 0 Å². The molecular formula is C52H118. The molecular weight excluding hydrogens is 625 g/mol. The average molecular weight is 744 g/mol. The minimum absolute atomic E-state index is 0.875. The number of rotatable bonds is 17. The Labute approximate surface area is 339 Å². The highest BCUT2D eigenvalue weighted by Crippen LogP contribution is 2.15. The number of hydrogen-bond acceptors (Lipinski definition) is 0. The molecule has 0 saturated heterocycles. The van der Waals surface area contributed by atoms with Gasteiger partial charge in [0.1, 0.15) is 0 Å². The van der Waals surface area contributed by atoms with Gasteiger partial charge in [0.15, 0.2) is 0 Å². The molecule has 0 bridgehead atoms. The van der Waals surface area contributed by atoms with Crippen molar-refractivity contribution in [2.24, 2.45) is 47.3 Å². The highest BCUT2D eigenvalue weighted by atomic mass is 14.0. The molecule has 1 fully saturated rings. The minimum atomic E-state index is 0.875. The average Bonchev–Trinajstić information content (AvgIpc) is 3.10. The normalized spacial score (nSPS) is 12.4. The van der Waals surface area contributed by atoms with Gasteiger partial charge in [-0.3, -0.25) is 0 Å². The van der Waals surface area contributed by atoms with E-state index in [1.54, 1.807) is 0 Å². The van der Waals surface area contributed by atoms with Crippen LogP contribution in [0.15, 0.2) is 0 Å². The van der Waals surface area contributed by atoms with Crippen molar-refractivity contribution < 1.29 is 0 Å². The van der Waals surface area contributed by atoms with Gasteiger partial charge in [0.25, 0.3) is 0 Å². The van der Waals surface area contributed by atoms with Crippen LogP contribution in [-0.2, 0) is 0 Å². The van der Waals surface area contributed by atoms with Gasteiger partial charge < -0.3 is 0 Å². The highest BCUT2D eigenvalue weighted by Gasteiger charge is 1.97. The smallest absolute Gasteiger partial charge is 0.0422 e. The second-order valence-electron chi connectivity index (χ2n) is 18.4. The standard InChI is InChI=1S/4C7H16.C6H12.3C6H14/c1-6(2)5-7(3)4;1-4-5-6-7(2)3;1-4-6-7(3)5-2;1-4-7(5-2)6-3;1-2-4-6-5-3-1;2*1-4-5-6(2)3;1-4-6(3)5-2/h6-7H,5H2,1-4H3;3*7H,4-6H2,1-3H3;1-6H2;3*6H,4-5H2,1-3H3. The van der Waals surface area contributed by atoms with Crippen LogP contribution < -0.4 is 0 Å². The van der Waals surface area contributed by atoms with Gasteiger partial charge in [-0.1, -0.05) is 287 Å². The molecule has 0 aliphatic heterocycles. The van der Waals surface area contributed by atoms with Gasteiger partial charge in [-0.15, -0.1) is 0 Å². The molecule has 52 heavy (non-hydrogen) atoms. The van der Waals surface area contributed by atoms with Crippen LogP contribution in [0.3, 0.4) is 0 Å². The molecule has 1 unspecified atom stereocenters. The van der Waals surface area contributed by atoms with Crippen molar-refractivity contribution >= 4 is 0 Å². The quantitative estimate of drug-likeness (QED) is 0.139. The van der Waals surface area contributed by atoms with Crippen LogP contribution in [0.25, 0.3) is 0 Å². The molecule has 0 N–H and O–H groups in total. The summed E-state index contributed by atoms with van der Waals surface area (Å²) in [5, 5.41) is 0. The summed E-state index contributed by atoms with van der Waals surface area (Å²) < 4.78 is 0. The summed E-state index contributed by atoms with van der Waals surface area (Å²) in [6.45, 7) is 49.6. The van der Waals surface area contributed by atoms with Crippen molar-refractivity contribution in [3.05, 3.63) is 0 Å². The Kier molecular flexibility index (Phi) is 77.4. The molecule has 0 heterocycles. The zero-order valence-corrected chi connectivity index (χ0v) is 42.2. The lowest BCUT2D eigenvalue weighted by molar-refractivity contribution is 0.469. The monoisotopic (exact) mass is 743 g/mol. The third kappa shape index (κ3) is 98.0. The minimum Gasteiger partial charge on any atom is -0.0654 e. The molecule has 1 rings (SSSR count). The van der Waals surface area contributed by atoms with Gasteiger partial charge in [0.2, 0.25) is 0 Å². The fourth-order valence-electron chi connectivity index (χ4n) is 5.62. The zero-order chi connectivity index (χ0) is 42.2. The molecule has 0 radical (unpaired) electrons. The zero-order valence-electron chi connectivity index (χ0n) is 42.2. The van der Waals surface area contributed by atoms with Crippen molar-refractivity contribution in [3.8, 4) is 0 Å². The second-order valence-corrected chi connectivity index (χ2v) is 18.4. The van der Waals surface area contributed by atoms with Crippen molar-refractivity contribution in [1.82, 2.24) is 0 Å². The molecule has 0 heteroatoms. The van der Waals surface area contributed by atoms with Crippen LogP contribution in [0.1, 0.15) is 294 Å². The Bertz CT molecular complexity index is 453. The predicted octanol–water partition coefficient (Wildman–Crippen LogP) is 20.9. The Balaban J connectivity index is -0.0000000891. The summed E-state index contributed by atoms with van der Waals surface area (Å²) in [6, 6.07) is 0. The predicted molar refractivity (Wildman–Crippen MR) is 254 cm³/mol. The summed E-state index contributed by atoms with van der Waals surface area (Å²) in [6.07, 6.45) is 30.7. The maximum absolute atomic E-state index is 2.31. The van der Waals surface area contributed by atoms with Crippen molar-refractivity contribution in [3.63, 3.8) is 0 Å². The van der Waals surface area contributed by atoms with Crippen LogP contribution in [0.4, 0.5) is 0 Å². The van der Waals surface area contributed by atoms with E-state index < -0.39 is 0 Å². The fourth-order valence-corrected chi connectivity index (χ4v) is 5.62. The van der Waals surface area contributed by atoms with Gasteiger partial charge in [-0.25, -0.2) is 0 Å². The van der Waals surface area contributed by atoms with E-state index in [0.717, 1.165) is 47.3 Å². The lowest BCUT2D eigenvalue weighted by Gasteiger charge is -2.05. The van der Waals surface area contributed by atoms with Gasteiger partial charge in [0.05, 0.1) is 0 Å². The summed E-state index contributed by atoms with van der Waals surface area (Å²) in [5.74, 6) is 7.32. The van der Waals surface area contributed by atoms with E-state index in [-0.39, 0.29) is 0 Å². The third-order valence-corrected chi connectivity index (χ3v) is 9.91. The van der Waals surface area contributed by atoms with E-state index >= 15 is 0 Å². The van der Waals surface area contributed by atoms with Crippen molar-refractivity contribution in [2.75, 3.05) is 0 Å². The van der Waals surface area contributed by atoms with Gasteiger partial charge in [-0.2, -0.15) is 0 Å². The molecule has 1 aliphatic carbocycles. The first kappa shape index (κ1) is 66.8. The number of hydrogen-bond donors (Lipinski definition) is 0. The molecule has 0 nitrogen and oxygen atoms in total. The van der Waals surface area contributed by atoms with Crippen molar-refractivity contribution in [2.45, 2.75) is 294 Å². The largest absolute Gasteiger partial charge is 0.0654 e. The summed E-state index contributed by atoms with van der Waals surface area (Å²) in [5.41, 5.74) is 0. The molecule has 0 spiro atoms. The van der Waals surface area contributed by atoms with Crippen LogP contribution in [0.2, 0.25) is 0 Å². The Morgan fingerprint density at radius 3 is 0.635 bits per heavy atom. The van der Waals surface area contributed by atoms with E-state index in [1.807, 2.05) is 0 Å². The highest BCUT2D eigenvalue weighted by molar-refractivity contribution is 4.51. The van der Waals surface area contributed by atoms with Crippen molar-refractivity contribution in [1.29, 1.82) is 0 Å². The Morgan fingerprint density at radius 1 is 0.288 bits per heavy atom. The number of unbranched alkanes of at least 4 members (excludes halogenated alkanes) is 1. The first-order valence-corrected chi connectivity index (χ1v) is 24.4. The SMILES string of the molecule is C1CCCCC1.CC(C)CC(C)C.CCC(C)CC.CCC(CC)CC.CCCC(C)C.CCCC(C)C.CCCC(C)CC.CCCCC(C)C. The van der Waals surface area contributed by atoms with Gasteiger partial charge in [0, 0.05) is 0 Å². The molecule has 1 saturated carbocycles. The van der Waals surface area contributed by atoms with E-state index in [2.05, 4.69) is 152 Å². The first-order chi connectivity index (χ1) is 24.4. The maximum atomic E-state index is 2.31. The summed E-state index contributed by atoms with van der Waals surface area (Å²) >= 11 is 0. The lowest BCUT2D eigenvalue weighted by Crippen LogP contribution is -1.93. The third-order valence-electron chi connectivity index (χ3n) is 9.91. The topological polar surface area (TPSA) is 0 Å². The molecule has 0 amide bonds. The molecule has 1 atom stereocenters. The van der Waals surface area contributed by atoms with E-state index in [9.17, 15) is 0 Å². The van der Waals surface area contributed by atoms with E-state index in [1.165, 1.54) is 141 Å². The van der Waals surface area contributed by atoms with E-state index in [0.29, 0.717) is 0 Å². The molecule has 326 valence electrons. The van der Waals surface area contributed by atoms with Crippen LogP contribution >= 0.6 is 0 Å². The fraction of sp³-hybridized carbons (Fsp3) is 1.00. The maximum Gasteiger partial charge on any atom is -0.0422 e. The van der Waals surface area contributed by atoms with Crippen LogP contribution in [0, 0.1) is 47.3 Å². The molecule has 0 aromatic rings. The second kappa shape index (κ2) is 60.3. The van der Waals surface area contributed by atoms with Gasteiger partial charge in [-0.05, 0) is 53.8 Å². The summed E-state index contributed by atoms with van der Waals surface area (Å²) in [7, 11) is 0. The Morgan fingerprint density at radius 2 is 0.577 bits per heavy atom. The van der Waals surface area contributed by atoms with E-state index in [4.69, 9.17) is 0 Å². The molecule has 1 aliphatic rings. The first-order valence-electron chi connectivity index (χ1n) is 24.4. The Hall–Kier alpha value is 0. The summed E-state index contributed by atoms with van der Waals surface area (Å²) in [4.78, 5) is 0. The lowest BCUT2D eigenvalue weighted by atomic mass is 10.0.